The van der Waals surface area contributed by atoms with Crippen LogP contribution in [0.4, 0.5) is 0 Å². The first-order valence-corrected chi connectivity index (χ1v) is 5.27. The molecule has 0 saturated carbocycles. The second-order valence-corrected chi connectivity index (χ2v) is 3.99. The highest BCUT2D eigenvalue weighted by molar-refractivity contribution is 6.18. The van der Waals surface area contributed by atoms with Crippen molar-refractivity contribution in [3.63, 3.8) is 0 Å². The second kappa shape index (κ2) is 6.73. The number of methoxy groups -OCH3 is 1. The van der Waals surface area contributed by atoms with Gasteiger partial charge in [-0.25, -0.2) is 0 Å². The highest BCUT2D eigenvalue weighted by Crippen LogP contribution is 2.19. The molecule has 0 N–H and O–H groups in total. The van der Waals surface area contributed by atoms with Crippen molar-refractivity contribution in [1.29, 1.82) is 0 Å². The van der Waals surface area contributed by atoms with Gasteiger partial charge in [0.05, 0.1) is 6.10 Å². The SMILES string of the molecule is CCC(CCl)CC(OC)C(C)C. The molecular weight excluding hydrogens is 172 g/mol. The lowest BCUT2D eigenvalue weighted by Crippen LogP contribution is -2.22. The fourth-order valence-electron chi connectivity index (χ4n) is 1.31. The number of hydrogen-bond donors (Lipinski definition) is 0. The lowest BCUT2D eigenvalue weighted by molar-refractivity contribution is 0.0464. The monoisotopic (exact) mass is 192 g/mol. The first-order valence-electron chi connectivity index (χ1n) is 4.74. The molecule has 0 spiro atoms. The third-order valence-corrected chi connectivity index (χ3v) is 2.84. The summed E-state index contributed by atoms with van der Waals surface area (Å²) in [5.41, 5.74) is 0. The van der Waals surface area contributed by atoms with Gasteiger partial charge in [-0.1, -0.05) is 27.2 Å². The van der Waals surface area contributed by atoms with Crippen LogP contribution in [0.2, 0.25) is 0 Å². The summed E-state index contributed by atoms with van der Waals surface area (Å²) in [4.78, 5) is 0. The third-order valence-electron chi connectivity index (χ3n) is 2.41. The smallest absolute Gasteiger partial charge is 0.0597 e. The van der Waals surface area contributed by atoms with Crippen molar-refractivity contribution in [3.8, 4) is 0 Å². The van der Waals surface area contributed by atoms with E-state index in [4.69, 9.17) is 16.3 Å². The summed E-state index contributed by atoms with van der Waals surface area (Å²) >= 11 is 5.82. The average Bonchev–Trinajstić information content (AvgIpc) is 2.06. The van der Waals surface area contributed by atoms with E-state index >= 15 is 0 Å². The van der Waals surface area contributed by atoms with E-state index in [1.54, 1.807) is 7.11 Å². The van der Waals surface area contributed by atoms with E-state index in [0.29, 0.717) is 17.9 Å². The second-order valence-electron chi connectivity index (χ2n) is 3.68. The van der Waals surface area contributed by atoms with Gasteiger partial charge in [-0.15, -0.1) is 11.6 Å². The zero-order valence-electron chi connectivity index (χ0n) is 8.64. The van der Waals surface area contributed by atoms with Gasteiger partial charge in [0.25, 0.3) is 0 Å². The van der Waals surface area contributed by atoms with Crippen LogP contribution in [0.3, 0.4) is 0 Å². The first kappa shape index (κ1) is 12.2. The van der Waals surface area contributed by atoms with E-state index in [9.17, 15) is 0 Å². The van der Waals surface area contributed by atoms with E-state index in [2.05, 4.69) is 20.8 Å². The van der Waals surface area contributed by atoms with E-state index in [1.807, 2.05) is 0 Å². The Morgan fingerprint density at radius 2 is 1.92 bits per heavy atom. The molecule has 0 heterocycles. The number of rotatable bonds is 6. The Balaban J connectivity index is 3.82. The lowest BCUT2D eigenvalue weighted by Gasteiger charge is -2.23. The first-order chi connectivity index (χ1) is 5.65. The van der Waals surface area contributed by atoms with Crippen LogP contribution in [-0.4, -0.2) is 19.1 Å². The summed E-state index contributed by atoms with van der Waals surface area (Å²) in [5, 5.41) is 0. The van der Waals surface area contributed by atoms with Crippen LogP contribution in [0.25, 0.3) is 0 Å². The number of alkyl halides is 1. The third kappa shape index (κ3) is 4.32. The molecule has 0 aromatic rings. The zero-order chi connectivity index (χ0) is 9.56. The molecule has 0 aliphatic heterocycles. The van der Waals surface area contributed by atoms with Crippen molar-refractivity contribution in [2.75, 3.05) is 13.0 Å². The van der Waals surface area contributed by atoms with Crippen molar-refractivity contribution in [2.24, 2.45) is 11.8 Å². The highest BCUT2D eigenvalue weighted by Gasteiger charge is 2.16. The molecule has 74 valence electrons. The maximum atomic E-state index is 5.82. The van der Waals surface area contributed by atoms with Gasteiger partial charge in [-0.05, 0) is 18.3 Å². The minimum absolute atomic E-state index is 0.369. The predicted octanol–water partition coefficient (Wildman–Crippen LogP) is 3.31. The normalized spacial score (nSPS) is 16.5. The molecule has 2 heteroatoms. The van der Waals surface area contributed by atoms with Crippen molar-refractivity contribution in [1.82, 2.24) is 0 Å². The standard InChI is InChI=1S/C10H21ClO/c1-5-9(7-11)6-10(12-4)8(2)3/h8-10H,5-7H2,1-4H3. The van der Waals surface area contributed by atoms with E-state index in [-0.39, 0.29) is 0 Å². The van der Waals surface area contributed by atoms with Gasteiger partial charge in [-0.2, -0.15) is 0 Å². The Bertz CT molecular complexity index is 100. The Hall–Kier alpha value is 0.250. The van der Waals surface area contributed by atoms with Crippen LogP contribution >= 0.6 is 11.6 Å². The molecule has 2 atom stereocenters. The van der Waals surface area contributed by atoms with Gasteiger partial charge in [-0.3, -0.25) is 0 Å². The van der Waals surface area contributed by atoms with E-state index in [0.717, 1.165) is 18.7 Å². The quantitative estimate of drug-likeness (QED) is 0.587. The van der Waals surface area contributed by atoms with Crippen molar-refractivity contribution < 1.29 is 4.74 Å². The van der Waals surface area contributed by atoms with Crippen LogP contribution in [0, 0.1) is 11.8 Å². The summed E-state index contributed by atoms with van der Waals surface area (Å²) in [6.45, 7) is 6.56. The maximum Gasteiger partial charge on any atom is 0.0597 e. The topological polar surface area (TPSA) is 9.23 Å². The Morgan fingerprint density at radius 1 is 1.33 bits per heavy atom. The van der Waals surface area contributed by atoms with Gasteiger partial charge in [0, 0.05) is 13.0 Å². The van der Waals surface area contributed by atoms with Gasteiger partial charge in [0.15, 0.2) is 0 Å². The zero-order valence-corrected chi connectivity index (χ0v) is 9.40. The van der Waals surface area contributed by atoms with E-state index in [1.165, 1.54) is 0 Å². The van der Waals surface area contributed by atoms with Crippen molar-refractivity contribution in [2.45, 2.75) is 39.7 Å². The molecule has 0 fully saturated rings. The molecule has 0 aliphatic rings. The molecule has 0 amide bonds. The van der Waals surface area contributed by atoms with Gasteiger partial charge in [0.2, 0.25) is 0 Å². The number of ether oxygens (including phenoxy) is 1. The molecule has 0 aliphatic carbocycles. The van der Waals surface area contributed by atoms with Crippen LogP contribution in [0.15, 0.2) is 0 Å². The molecule has 0 aromatic carbocycles. The van der Waals surface area contributed by atoms with Gasteiger partial charge < -0.3 is 4.74 Å². The Kier molecular flexibility index (Phi) is 6.87. The van der Waals surface area contributed by atoms with Crippen LogP contribution in [-0.2, 0) is 4.74 Å². The van der Waals surface area contributed by atoms with Gasteiger partial charge in [0.1, 0.15) is 0 Å². The molecular formula is C10H21ClO. The molecule has 12 heavy (non-hydrogen) atoms. The molecule has 1 nitrogen and oxygen atoms in total. The van der Waals surface area contributed by atoms with Crippen molar-refractivity contribution >= 4 is 11.6 Å². The average molecular weight is 193 g/mol. The van der Waals surface area contributed by atoms with Crippen LogP contribution in [0.1, 0.15) is 33.6 Å². The fraction of sp³-hybridized carbons (Fsp3) is 1.00. The molecule has 2 unspecified atom stereocenters. The predicted molar refractivity (Wildman–Crippen MR) is 54.8 cm³/mol. The molecule has 0 radical (unpaired) electrons. The minimum Gasteiger partial charge on any atom is -0.381 e. The summed E-state index contributed by atoms with van der Waals surface area (Å²) in [6, 6.07) is 0. The van der Waals surface area contributed by atoms with Crippen LogP contribution in [0.5, 0.6) is 0 Å². The Morgan fingerprint density at radius 3 is 2.17 bits per heavy atom. The summed E-state index contributed by atoms with van der Waals surface area (Å²) in [5.74, 6) is 1.95. The highest BCUT2D eigenvalue weighted by atomic mass is 35.5. The molecule has 0 saturated heterocycles. The van der Waals surface area contributed by atoms with Crippen LogP contribution < -0.4 is 0 Å². The summed E-state index contributed by atoms with van der Waals surface area (Å²) in [7, 11) is 1.78. The minimum atomic E-state index is 0.369. The largest absolute Gasteiger partial charge is 0.381 e. The number of halogens is 1. The summed E-state index contributed by atoms with van der Waals surface area (Å²) in [6.07, 6.45) is 2.61. The maximum absolute atomic E-state index is 5.82. The fourth-order valence-corrected chi connectivity index (χ4v) is 1.65. The van der Waals surface area contributed by atoms with E-state index < -0.39 is 0 Å². The number of hydrogen-bond acceptors (Lipinski definition) is 1. The van der Waals surface area contributed by atoms with Gasteiger partial charge >= 0.3 is 0 Å². The summed E-state index contributed by atoms with van der Waals surface area (Å²) < 4.78 is 5.39. The Labute approximate surface area is 81.4 Å². The molecule has 0 rings (SSSR count). The molecule has 0 aromatic heterocycles. The molecule has 0 bridgehead atoms. The van der Waals surface area contributed by atoms with Crippen molar-refractivity contribution in [3.05, 3.63) is 0 Å². The lowest BCUT2D eigenvalue weighted by atomic mass is 9.94.